The second-order valence-corrected chi connectivity index (χ2v) is 8.43. The Hall–Kier alpha value is -4.85. The number of aliphatic carboxylic acids is 1. The van der Waals surface area contributed by atoms with E-state index in [2.05, 4.69) is 10.3 Å². The topological polar surface area (TPSA) is 107 Å². The van der Waals surface area contributed by atoms with Crippen LogP contribution in [0.1, 0.15) is 27.2 Å². The molecule has 0 aliphatic carbocycles. The van der Waals surface area contributed by atoms with Gasteiger partial charge in [-0.2, -0.15) is 0 Å². The zero-order chi connectivity index (χ0) is 26.9. The molecular weight excluding hydrogens is 484 g/mol. The van der Waals surface area contributed by atoms with E-state index < -0.39 is 12.0 Å². The molecule has 8 nitrogen and oxygen atoms in total. The Morgan fingerprint density at radius 1 is 0.868 bits per heavy atom. The van der Waals surface area contributed by atoms with Crippen molar-refractivity contribution in [1.29, 1.82) is 0 Å². The van der Waals surface area contributed by atoms with Crippen LogP contribution in [-0.2, 0) is 17.8 Å². The third kappa shape index (κ3) is 6.47. The summed E-state index contributed by atoms with van der Waals surface area (Å²) in [6.45, 7) is 0.227. The normalized spacial score (nSPS) is 11.3. The summed E-state index contributed by atoms with van der Waals surface area (Å²) in [5, 5.41) is 12.9. The maximum atomic E-state index is 13.0. The molecule has 1 atom stereocenters. The number of para-hydroxylation sites is 1. The molecule has 0 spiro atoms. The Morgan fingerprint density at radius 2 is 1.58 bits per heavy atom. The zero-order valence-electron chi connectivity index (χ0n) is 21.1. The fourth-order valence-electron chi connectivity index (χ4n) is 3.90. The van der Waals surface area contributed by atoms with Crippen LogP contribution in [0.2, 0.25) is 0 Å². The predicted molar refractivity (Wildman–Crippen MR) is 143 cm³/mol. The van der Waals surface area contributed by atoms with Crippen molar-refractivity contribution in [2.75, 3.05) is 19.5 Å². The lowest BCUT2D eigenvalue weighted by Crippen LogP contribution is -2.32. The van der Waals surface area contributed by atoms with Crippen molar-refractivity contribution in [3.63, 3.8) is 0 Å². The quantitative estimate of drug-likeness (QED) is 0.255. The van der Waals surface area contributed by atoms with Gasteiger partial charge in [0.25, 0.3) is 5.88 Å². The second kappa shape index (κ2) is 12.4. The monoisotopic (exact) mass is 512 g/mol. The molecule has 0 fully saturated rings. The lowest BCUT2D eigenvalue weighted by molar-refractivity contribution is -0.137. The van der Waals surface area contributed by atoms with Gasteiger partial charge >= 0.3 is 5.97 Å². The highest BCUT2D eigenvalue weighted by Crippen LogP contribution is 2.25. The highest BCUT2D eigenvalue weighted by Gasteiger charge is 2.21. The molecule has 38 heavy (non-hydrogen) atoms. The minimum atomic E-state index is -1.02. The Balaban J connectivity index is 1.42. The molecule has 0 aliphatic rings. The lowest BCUT2D eigenvalue weighted by atomic mass is 10.00. The van der Waals surface area contributed by atoms with Crippen molar-refractivity contribution < 1.29 is 28.9 Å². The highest BCUT2D eigenvalue weighted by molar-refractivity contribution is 6.12. The van der Waals surface area contributed by atoms with Gasteiger partial charge in [-0.25, -0.2) is 9.78 Å². The summed E-state index contributed by atoms with van der Waals surface area (Å²) in [7, 11) is 3.07. The van der Waals surface area contributed by atoms with E-state index >= 15 is 0 Å². The summed E-state index contributed by atoms with van der Waals surface area (Å²) in [5.74, 6) is 0.330. The second-order valence-electron chi connectivity index (χ2n) is 8.43. The number of carbonyl (C=O) groups is 2. The van der Waals surface area contributed by atoms with Gasteiger partial charge in [0.1, 0.15) is 18.4 Å². The van der Waals surface area contributed by atoms with Crippen molar-refractivity contribution in [2.24, 2.45) is 0 Å². The molecule has 0 unspecified atom stereocenters. The summed E-state index contributed by atoms with van der Waals surface area (Å²) in [5.41, 5.74) is 2.89. The largest absolute Gasteiger partial charge is 0.491 e. The number of benzene rings is 3. The molecule has 0 amide bonds. The van der Waals surface area contributed by atoms with E-state index in [4.69, 9.17) is 14.2 Å². The summed E-state index contributed by atoms with van der Waals surface area (Å²) in [6, 6.07) is 25.6. The summed E-state index contributed by atoms with van der Waals surface area (Å²) < 4.78 is 16.2. The maximum Gasteiger partial charge on any atom is 0.326 e. The predicted octanol–water partition coefficient (Wildman–Crippen LogP) is 5.02. The van der Waals surface area contributed by atoms with Crippen LogP contribution in [0.25, 0.3) is 0 Å². The molecule has 1 aromatic heterocycles. The van der Waals surface area contributed by atoms with Crippen molar-refractivity contribution in [3.8, 4) is 17.4 Å². The van der Waals surface area contributed by atoms with Crippen LogP contribution in [-0.4, -0.2) is 42.1 Å². The molecule has 4 aromatic rings. The number of carboxylic acid groups (broad SMARTS) is 1. The van der Waals surface area contributed by atoms with E-state index in [-0.39, 0.29) is 18.8 Å². The van der Waals surface area contributed by atoms with E-state index in [9.17, 15) is 14.7 Å². The number of nitrogens with one attached hydrogen (secondary N) is 1. The van der Waals surface area contributed by atoms with Crippen LogP contribution in [0.4, 0.5) is 5.69 Å². The number of rotatable bonds is 12. The molecular formula is C30H28N2O6. The van der Waals surface area contributed by atoms with Gasteiger partial charge in [-0.15, -0.1) is 0 Å². The number of methoxy groups -OCH3 is 2. The Labute approximate surface area is 220 Å². The first-order chi connectivity index (χ1) is 18.5. The standard InChI is InChI=1S/C30H28N2O6/c1-36-27-17-14-22(31-29(27)37-2)19-38-23-15-12-20(13-16-23)18-26(30(34)35)32-25-11-7-6-10-24(25)28(33)21-8-4-3-5-9-21/h3-17,26,32H,18-19H2,1-2H3,(H,34,35)/t26-/m0/s1. The van der Waals surface area contributed by atoms with Gasteiger partial charge in [0.05, 0.1) is 19.9 Å². The van der Waals surface area contributed by atoms with E-state index in [1.54, 1.807) is 79.9 Å². The Morgan fingerprint density at radius 3 is 2.26 bits per heavy atom. The molecule has 194 valence electrons. The smallest absolute Gasteiger partial charge is 0.326 e. The molecule has 0 aliphatic heterocycles. The number of ketones is 1. The molecule has 0 saturated carbocycles. The SMILES string of the molecule is COc1ccc(COc2ccc(C[C@H](Nc3ccccc3C(=O)c3ccccc3)C(=O)O)cc2)nc1OC. The number of aromatic nitrogens is 1. The number of ether oxygens (including phenoxy) is 3. The van der Waals surface area contributed by atoms with Gasteiger partial charge < -0.3 is 24.6 Å². The number of hydrogen-bond acceptors (Lipinski definition) is 7. The number of hydrogen-bond donors (Lipinski definition) is 2. The van der Waals surface area contributed by atoms with Crippen LogP contribution in [0.3, 0.4) is 0 Å². The summed E-state index contributed by atoms with van der Waals surface area (Å²) >= 11 is 0. The van der Waals surface area contributed by atoms with Gasteiger partial charge in [0.2, 0.25) is 0 Å². The highest BCUT2D eigenvalue weighted by atomic mass is 16.5. The first-order valence-electron chi connectivity index (χ1n) is 12.0. The number of carboxylic acids is 1. The minimum absolute atomic E-state index is 0.177. The number of pyridine rings is 1. The summed E-state index contributed by atoms with van der Waals surface area (Å²) in [6.07, 6.45) is 0.209. The Bertz CT molecular complexity index is 1390. The summed E-state index contributed by atoms with van der Waals surface area (Å²) in [4.78, 5) is 29.5. The maximum absolute atomic E-state index is 13.0. The molecule has 0 bridgehead atoms. The van der Waals surface area contributed by atoms with E-state index in [0.717, 1.165) is 5.56 Å². The lowest BCUT2D eigenvalue weighted by Gasteiger charge is -2.18. The average Bonchev–Trinajstić information content (AvgIpc) is 2.96. The van der Waals surface area contributed by atoms with E-state index in [1.807, 2.05) is 18.2 Å². The zero-order valence-corrected chi connectivity index (χ0v) is 21.1. The Kier molecular flexibility index (Phi) is 8.56. The van der Waals surface area contributed by atoms with Crippen molar-refractivity contribution >= 4 is 17.4 Å². The average molecular weight is 513 g/mol. The number of carbonyl (C=O) groups excluding carboxylic acids is 1. The van der Waals surface area contributed by atoms with Gasteiger partial charge in [-0.05, 0) is 42.0 Å². The molecule has 0 saturated heterocycles. The fraction of sp³-hybridized carbons (Fsp3) is 0.167. The fourth-order valence-corrected chi connectivity index (χ4v) is 3.90. The molecule has 2 N–H and O–H groups in total. The molecule has 1 heterocycles. The molecule has 4 rings (SSSR count). The molecule has 8 heteroatoms. The van der Waals surface area contributed by atoms with Crippen molar-refractivity contribution in [1.82, 2.24) is 4.98 Å². The first kappa shape index (κ1) is 26.2. The van der Waals surface area contributed by atoms with Crippen LogP contribution < -0.4 is 19.5 Å². The minimum Gasteiger partial charge on any atom is -0.491 e. The van der Waals surface area contributed by atoms with E-state index in [1.165, 1.54) is 7.11 Å². The van der Waals surface area contributed by atoms with Gasteiger partial charge in [0.15, 0.2) is 11.5 Å². The van der Waals surface area contributed by atoms with Crippen LogP contribution in [0, 0.1) is 0 Å². The number of anilines is 1. The van der Waals surface area contributed by atoms with Crippen LogP contribution >= 0.6 is 0 Å². The van der Waals surface area contributed by atoms with Gasteiger partial charge in [-0.1, -0.05) is 54.6 Å². The van der Waals surface area contributed by atoms with Crippen molar-refractivity contribution in [3.05, 3.63) is 113 Å². The molecule has 0 radical (unpaired) electrons. The third-order valence-electron chi connectivity index (χ3n) is 5.88. The van der Waals surface area contributed by atoms with Crippen LogP contribution in [0.5, 0.6) is 17.4 Å². The van der Waals surface area contributed by atoms with Gasteiger partial charge in [0, 0.05) is 23.2 Å². The first-order valence-corrected chi connectivity index (χ1v) is 12.0. The van der Waals surface area contributed by atoms with E-state index in [0.29, 0.717) is 39.9 Å². The van der Waals surface area contributed by atoms with Gasteiger partial charge in [-0.3, -0.25) is 4.79 Å². The van der Waals surface area contributed by atoms with Crippen LogP contribution in [0.15, 0.2) is 91.0 Å². The molecule has 3 aromatic carbocycles. The van der Waals surface area contributed by atoms with Crippen molar-refractivity contribution in [2.45, 2.75) is 19.1 Å². The number of nitrogens with zero attached hydrogens (tertiary/aromatic N) is 1. The third-order valence-corrected chi connectivity index (χ3v) is 5.88.